The minimum atomic E-state index is -0.926. The zero-order valence-corrected chi connectivity index (χ0v) is 20.8. The van der Waals surface area contributed by atoms with Crippen LogP contribution in [0.5, 0.6) is 0 Å². The van der Waals surface area contributed by atoms with Crippen LogP contribution in [0.4, 0.5) is 0 Å². The summed E-state index contributed by atoms with van der Waals surface area (Å²) in [5.41, 5.74) is 12.9. The van der Waals surface area contributed by atoms with Crippen molar-refractivity contribution in [2.24, 2.45) is 5.73 Å². The van der Waals surface area contributed by atoms with Gasteiger partial charge in [0.2, 0.25) is 5.91 Å². The van der Waals surface area contributed by atoms with E-state index in [1.807, 2.05) is 60.7 Å². The van der Waals surface area contributed by atoms with Crippen LogP contribution in [0.15, 0.2) is 60.7 Å². The number of methoxy groups -OCH3 is 1. The molecule has 5 N–H and O–H groups in total. The molecule has 2 aromatic carbocycles. The molecule has 3 amide bonds. The van der Waals surface area contributed by atoms with Gasteiger partial charge in [-0.15, -0.1) is 0 Å². The third-order valence-corrected chi connectivity index (χ3v) is 5.15. The SMILES string of the molecule is COC(=O)CN(C)NC(=O)[C@H](Cc1ccccc1)NC(=O)CN(C)NC(=O)[C@@H](N)Cc1ccccc1. The normalized spacial score (nSPS) is 12.5. The van der Waals surface area contributed by atoms with E-state index in [1.54, 1.807) is 0 Å². The predicted octanol–water partition coefficient (Wildman–Crippen LogP) is -0.617. The molecular weight excluding hydrogens is 464 g/mol. The van der Waals surface area contributed by atoms with Crippen LogP contribution >= 0.6 is 0 Å². The lowest BCUT2D eigenvalue weighted by molar-refractivity contribution is -0.144. The second kappa shape index (κ2) is 14.6. The number of benzene rings is 2. The molecule has 0 fully saturated rings. The molecule has 0 unspecified atom stereocenters. The highest BCUT2D eigenvalue weighted by Crippen LogP contribution is 2.05. The predicted molar refractivity (Wildman–Crippen MR) is 134 cm³/mol. The third kappa shape index (κ3) is 10.2. The van der Waals surface area contributed by atoms with Crippen molar-refractivity contribution in [3.8, 4) is 0 Å². The lowest BCUT2D eigenvalue weighted by Crippen LogP contribution is -2.56. The minimum Gasteiger partial charge on any atom is -0.468 e. The van der Waals surface area contributed by atoms with E-state index in [0.29, 0.717) is 6.42 Å². The number of nitrogens with one attached hydrogen (secondary N) is 3. The average molecular weight is 499 g/mol. The number of likely N-dealkylation sites (N-methyl/N-ethyl adjacent to an activating group) is 2. The van der Waals surface area contributed by atoms with E-state index in [4.69, 9.17) is 5.73 Å². The number of rotatable bonds is 13. The number of amides is 3. The molecule has 11 heteroatoms. The molecule has 0 aliphatic heterocycles. The molecule has 0 saturated carbocycles. The van der Waals surface area contributed by atoms with Gasteiger partial charge >= 0.3 is 5.97 Å². The van der Waals surface area contributed by atoms with Gasteiger partial charge in [-0.25, -0.2) is 10.0 Å². The fourth-order valence-electron chi connectivity index (χ4n) is 3.35. The number of carbonyl (C=O) groups is 4. The molecule has 2 rings (SSSR count). The van der Waals surface area contributed by atoms with Crippen molar-refractivity contribution in [1.82, 2.24) is 26.2 Å². The largest absolute Gasteiger partial charge is 0.468 e. The van der Waals surface area contributed by atoms with Gasteiger partial charge in [-0.1, -0.05) is 60.7 Å². The lowest BCUT2D eigenvalue weighted by atomic mass is 10.1. The average Bonchev–Trinajstić information content (AvgIpc) is 2.84. The fourth-order valence-corrected chi connectivity index (χ4v) is 3.35. The Hall–Kier alpha value is -3.80. The Bertz CT molecular complexity index is 1000. The Balaban J connectivity index is 1.94. The molecule has 0 spiro atoms. The maximum atomic E-state index is 12.9. The maximum Gasteiger partial charge on any atom is 0.321 e. The van der Waals surface area contributed by atoms with Crippen molar-refractivity contribution in [3.05, 3.63) is 71.8 Å². The Labute approximate surface area is 210 Å². The van der Waals surface area contributed by atoms with Gasteiger partial charge in [0.25, 0.3) is 11.8 Å². The first kappa shape index (κ1) is 28.4. The number of nitrogens with zero attached hydrogens (tertiary/aromatic N) is 2. The third-order valence-electron chi connectivity index (χ3n) is 5.15. The minimum absolute atomic E-state index is 0.160. The molecule has 36 heavy (non-hydrogen) atoms. The zero-order valence-electron chi connectivity index (χ0n) is 20.8. The standard InChI is InChI=1S/C25H34N6O5/c1-30(28-24(34)20(26)14-18-10-6-4-7-11-18)16-22(32)27-21(15-19-12-8-5-9-13-19)25(35)29-31(2)17-23(33)36-3/h4-13,20-21H,14-17,26H2,1-3H3,(H,27,32)(H,28,34)(H,29,35)/t20-,21-/m0/s1. The molecule has 0 radical (unpaired) electrons. The van der Waals surface area contributed by atoms with Crippen LogP contribution in [-0.2, 0) is 36.8 Å². The first-order chi connectivity index (χ1) is 17.2. The Morgan fingerprint density at radius 3 is 1.86 bits per heavy atom. The summed E-state index contributed by atoms with van der Waals surface area (Å²) in [5, 5.41) is 5.28. The molecule has 0 bridgehead atoms. The van der Waals surface area contributed by atoms with Crippen LogP contribution in [0.1, 0.15) is 11.1 Å². The van der Waals surface area contributed by atoms with E-state index < -0.39 is 35.8 Å². The molecule has 11 nitrogen and oxygen atoms in total. The molecule has 0 heterocycles. The van der Waals surface area contributed by atoms with Crippen molar-refractivity contribution in [3.63, 3.8) is 0 Å². The highest BCUT2D eigenvalue weighted by molar-refractivity contribution is 5.89. The first-order valence-electron chi connectivity index (χ1n) is 11.4. The number of esters is 1. The van der Waals surface area contributed by atoms with Gasteiger partial charge in [-0.3, -0.25) is 30.0 Å². The number of carbonyl (C=O) groups excluding carboxylic acids is 4. The van der Waals surface area contributed by atoms with E-state index in [2.05, 4.69) is 20.9 Å². The molecule has 0 aromatic heterocycles. The highest BCUT2D eigenvalue weighted by atomic mass is 16.5. The molecule has 2 atom stereocenters. The summed E-state index contributed by atoms with van der Waals surface area (Å²) in [7, 11) is 4.29. The molecule has 0 aliphatic carbocycles. The Kier molecular flexibility index (Phi) is 11.5. The van der Waals surface area contributed by atoms with Gasteiger partial charge in [-0.2, -0.15) is 0 Å². The maximum absolute atomic E-state index is 12.9. The van der Waals surface area contributed by atoms with Crippen LogP contribution in [0.2, 0.25) is 0 Å². The summed E-state index contributed by atoms with van der Waals surface area (Å²) in [6.07, 6.45) is 0.577. The monoisotopic (exact) mass is 498 g/mol. The summed E-state index contributed by atoms with van der Waals surface area (Å²) in [5.74, 6) is -1.95. The smallest absolute Gasteiger partial charge is 0.321 e. The molecular formula is C25H34N6O5. The van der Waals surface area contributed by atoms with Crippen molar-refractivity contribution in [1.29, 1.82) is 0 Å². The Morgan fingerprint density at radius 2 is 1.31 bits per heavy atom. The molecule has 0 saturated heterocycles. The summed E-state index contributed by atoms with van der Waals surface area (Å²) < 4.78 is 4.60. The van der Waals surface area contributed by atoms with Crippen molar-refractivity contribution in [2.45, 2.75) is 24.9 Å². The summed E-state index contributed by atoms with van der Waals surface area (Å²) >= 11 is 0. The van der Waals surface area contributed by atoms with Gasteiger partial charge < -0.3 is 15.8 Å². The van der Waals surface area contributed by atoms with Gasteiger partial charge in [0.1, 0.15) is 12.6 Å². The second-order valence-corrected chi connectivity index (χ2v) is 8.35. The summed E-state index contributed by atoms with van der Waals surface area (Å²) in [4.78, 5) is 49.5. The van der Waals surface area contributed by atoms with Crippen LogP contribution in [0.25, 0.3) is 0 Å². The van der Waals surface area contributed by atoms with Gasteiger partial charge in [0, 0.05) is 20.5 Å². The van der Waals surface area contributed by atoms with E-state index in [9.17, 15) is 19.2 Å². The second-order valence-electron chi connectivity index (χ2n) is 8.35. The summed E-state index contributed by atoms with van der Waals surface area (Å²) in [6, 6.07) is 16.8. The first-order valence-corrected chi connectivity index (χ1v) is 11.4. The highest BCUT2D eigenvalue weighted by Gasteiger charge is 2.24. The zero-order chi connectivity index (χ0) is 26.5. The fraction of sp³-hybridized carbons (Fsp3) is 0.360. The molecule has 194 valence electrons. The number of hydrogen-bond acceptors (Lipinski definition) is 8. The topological polar surface area (TPSA) is 146 Å². The van der Waals surface area contributed by atoms with E-state index in [-0.39, 0.29) is 19.5 Å². The van der Waals surface area contributed by atoms with E-state index >= 15 is 0 Å². The quantitative estimate of drug-likeness (QED) is 0.211. The number of hydrazine groups is 2. The van der Waals surface area contributed by atoms with Crippen LogP contribution in [0.3, 0.4) is 0 Å². The van der Waals surface area contributed by atoms with Crippen LogP contribution in [-0.4, -0.2) is 80.1 Å². The van der Waals surface area contributed by atoms with E-state index in [0.717, 1.165) is 11.1 Å². The summed E-state index contributed by atoms with van der Waals surface area (Å²) in [6.45, 7) is -0.368. The van der Waals surface area contributed by atoms with Crippen molar-refractivity contribution < 1.29 is 23.9 Å². The van der Waals surface area contributed by atoms with Crippen molar-refractivity contribution >= 4 is 23.7 Å². The van der Waals surface area contributed by atoms with E-state index in [1.165, 1.54) is 31.2 Å². The van der Waals surface area contributed by atoms with Gasteiger partial charge in [-0.05, 0) is 17.5 Å². The van der Waals surface area contributed by atoms with Crippen molar-refractivity contribution in [2.75, 3.05) is 34.3 Å². The number of ether oxygens (including phenoxy) is 1. The van der Waals surface area contributed by atoms with Gasteiger partial charge in [0.15, 0.2) is 0 Å². The Morgan fingerprint density at radius 1 is 0.806 bits per heavy atom. The lowest BCUT2D eigenvalue weighted by Gasteiger charge is -2.24. The molecule has 0 aliphatic rings. The van der Waals surface area contributed by atoms with Crippen LogP contribution in [0, 0.1) is 0 Å². The van der Waals surface area contributed by atoms with Gasteiger partial charge in [0.05, 0.1) is 19.7 Å². The number of nitrogens with two attached hydrogens (primary N) is 1. The van der Waals surface area contributed by atoms with Crippen LogP contribution < -0.4 is 21.9 Å². The molecule has 2 aromatic rings. The number of hydrogen-bond donors (Lipinski definition) is 4.